The van der Waals surface area contributed by atoms with Crippen molar-refractivity contribution < 1.29 is 17.9 Å². The van der Waals surface area contributed by atoms with E-state index in [-0.39, 0.29) is 17.6 Å². The van der Waals surface area contributed by atoms with E-state index in [1.54, 1.807) is 14.0 Å². The maximum atomic E-state index is 13.2. The summed E-state index contributed by atoms with van der Waals surface area (Å²) in [4.78, 5) is 21.8. The fraction of sp³-hybridized carbons (Fsp3) is 0.545. The highest BCUT2D eigenvalue weighted by molar-refractivity contribution is 7.89. The third-order valence-electron chi connectivity index (χ3n) is 6.35. The lowest BCUT2D eigenvalue weighted by Crippen LogP contribution is -2.53. The summed E-state index contributed by atoms with van der Waals surface area (Å²) in [6, 6.07) is 7.85. The Labute approximate surface area is 183 Å². The Morgan fingerprint density at radius 1 is 1.16 bits per heavy atom. The Bertz CT molecular complexity index is 1050. The molecule has 8 nitrogen and oxygen atoms in total. The van der Waals surface area contributed by atoms with E-state index >= 15 is 0 Å². The molecule has 2 aliphatic rings. The maximum absolute atomic E-state index is 13.2. The number of amides is 1. The number of hydrogen-bond acceptors (Lipinski definition) is 6. The largest absolute Gasteiger partial charge is 0.497 e. The van der Waals surface area contributed by atoms with Crippen LogP contribution in [0.1, 0.15) is 19.8 Å². The molecule has 1 atom stereocenters. The van der Waals surface area contributed by atoms with Crippen molar-refractivity contribution in [1.82, 2.24) is 14.2 Å². The molecule has 2 aromatic rings. The van der Waals surface area contributed by atoms with E-state index in [2.05, 4.69) is 9.88 Å². The minimum atomic E-state index is -3.20. The number of nitrogens with zero attached hydrogens (tertiary/aromatic N) is 4. The average molecular weight is 447 g/mol. The van der Waals surface area contributed by atoms with Crippen LogP contribution in [0.3, 0.4) is 0 Å². The van der Waals surface area contributed by atoms with Gasteiger partial charge in [0.15, 0.2) is 0 Å². The van der Waals surface area contributed by atoms with Gasteiger partial charge in [-0.2, -0.15) is 4.31 Å². The van der Waals surface area contributed by atoms with E-state index < -0.39 is 10.0 Å². The number of carbonyl (C=O) groups excluding carboxylic acids is 1. The molecule has 2 aliphatic heterocycles. The second-order valence-electron chi connectivity index (χ2n) is 8.12. The first kappa shape index (κ1) is 21.8. The molecule has 0 bridgehead atoms. The van der Waals surface area contributed by atoms with E-state index in [0.717, 1.165) is 41.7 Å². The summed E-state index contributed by atoms with van der Waals surface area (Å²) in [5.74, 6) is 0.931. The van der Waals surface area contributed by atoms with Crippen molar-refractivity contribution in [2.75, 3.05) is 57.0 Å². The van der Waals surface area contributed by atoms with E-state index in [1.165, 1.54) is 4.31 Å². The molecule has 168 valence electrons. The van der Waals surface area contributed by atoms with Crippen LogP contribution in [-0.2, 0) is 14.8 Å². The molecule has 0 spiro atoms. The second kappa shape index (κ2) is 9.00. The summed E-state index contributed by atoms with van der Waals surface area (Å²) in [7, 11) is -1.54. The SMILES string of the molecule is CCS(=O)(=O)N1CCN(C(=O)C2CCCN(c3ccnc4ccc(OC)cc34)C2)CC1. The highest BCUT2D eigenvalue weighted by Crippen LogP contribution is 2.32. The highest BCUT2D eigenvalue weighted by atomic mass is 32.2. The Balaban J connectivity index is 1.47. The topological polar surface area (TPSA) is 83.1 Å². The summed E-state index contributed by atoms with van der Waals surface area (Å²) < 4.78 is 31.1. The Morgan fingerprint density at radius 2 is 1.94 bits per heavy atom. The van der Waals surface area contributed by atoms with Crippen LogP contribution in [0.25, 0.3) is 10.9 Å². The molecule has 4 rings (SSSR count). The molecule has 31 heavy (non-hydrogen) atoms. The number of hydrogen-bond donors (Lipinski definition) is 0. The lowest BCUT2D eigenvalue weighted by Gasteiger charge is -2.39. The van der Waals surface area contributed by atoms with Crippen molar-refractivity contribution in [2.24, 2.45) is 5.92 Å². The number of piperazine rings is 1. The van der Waals surface area contributed by atoms with Gasteiger partial charge in [-0.1, -0.05) is 0 Å². The van der Waals surface area contributed by atoms with E-state index in [9.17, 15) is 13.2 Å². The van der Waals surface area contributed by atoms with Gasteiger partial charge in [0.25, 0.3) is 0 Å². The Kier molecular flexibility index (Phi) is 6.34. The van der Waals surface area contributed by atoms with Gasteiger partial charge >= 0.3 is 0 Å². The number of rotatable bonds is 5. The zero-order chi connectivity index (χ0) is 22.0. The van der Waals surface area contributed by atoms with Crippen molar-refractivity contribution >= 4 is 32.5 Å². The van der Waals surface area contributed by atoms with Gasteiger partial charge in [0.05, 0.1) is 24.3 Å². The molecule has 2 fully saturated rings. The zero-order valence-electron chi connectivity index (χ0n) is 18.2. The summed E-state index contributed by atoms with van der Waals surface area (Å²) in [6.07, 6.45) is 3.60. The maximum Gasteiger partial charge on any atom is 0.227 e. The minimum absolute atomic E-state index is 0.0862. The minimum Gasteiger partial charge on any atom is -0.497 e. The van der Waals surface area contributed by atoms with Gasteiger partial charge < -0.3 is 14.5 Å². The predicted molar refractivity (Wildman–Crippen MR) is 121 cm³/mol. The number of aromatic nitrogens is 1. The first-order chi connectivity index (χ1) is 14.9. The lowest BCUT2D eigenvalue weighted by atomic mass is 9.95. The van der Waals surface area contributed by atoms with Crippen molar-refractivity contribution in [2.45, 2.75) is 19.8 Å². The van der Waals surface area contributed by atoms with Gasteiger partial charge in [0.1, 0.15) is 5.75 Å². The van der Waals surface area contributed by atoms with Crippen molar-refractivity contribution in [3.63, 3.8) is 0 Å². The first-order valence-corrected chi connectivity index (χ1v) is 12.5. The van der Waals surface area contributed by atoms with Gasteiger partial charge in [-0.05, 0) is 44.0 Å². The van der Waals surface area contributed by atoms with Crippen LogP contribution in [-0.4, -0.2) is 80.6 Å². The normalized spacial score (nSPS) is 20.8. The molecule has 0 radical (unpaired) electrons. The van der Waals surface area contributed by atoms with Crippen molar-refractivity contribution in [3.05, 3.63) is 30.5 Å². The van der Waals surface area contributed by atoms with Crippen LogP contribution in [0.2, 0.25) is 0 Å². The quantitative estimate of drug-likeness (QED) is 0.698. The number of sulfonamides is 1. The van der Waals surface area contributed by atoms with Crippen LogP contribution < -0.4 is 9.64 Å². The molecule has 3 heterocycles. The van der Waals surface area contributed by atoms with Gasteiger partial charge in [-0.15, -0.1) is 0 Å². The zero-order valence-corrected chi connectivity index (χ0v) is 19.0. The summed E-state index contributed by atoms with van der Waals surface area (Å²) in [5.41, 5.74) is 1.97. The number of ether oxygens (including phenoxy) is 1. The molecule has 0 N–H and O–H groups in total. The Hall–Kier alpha value is -2.39. The summed E-state index contributed by atoms with van der Waals surface area (Å²) >= 11 is 0. The van der Waals surface area contributed by atoms with Crippen LogP contribution in [0.4, 0.5) is 5.69 Å². The van der Waals surface area contributed by atoms with Crippen LogP contribution in [0.15, 0.2) is 30.5 Å². The number of benzene rings is 1. The second-order valence-corrected chi connectivity index (χ2v) is 10.4. The number of piperidine rings is 1. The van der Waals surface area contributed by atoms with E-state index in [4.69, 9.17) is 4.74 Å². The fourth-order valence-electron chi connectivity index (χ4n) is 4.54. The van der Waals surface area contributed by atoms with E-state index in [0.29, 0.717) is 32.7 Å². The van der Waals surface area contributed by atoms with Crippen LogP contribution in [0.5, 0.6) is 5.75 Å². The number of pyridine rings is 1. The molecule has 1 aromatic heterocycles. The molecule has 1 aromatic carbocycles. The first-order valence-electron chi connectivity index (χ1n) is 10.9. The molecular formula is C22H30N4O4S. The third-order valence-corrected chi connectivity index (χ3v) is 8.23. The molecule has 1 amide bonds. The number of fused-ring (bicyclic) bond motifs is 1. The molecule has 0 saturated carbocycles. The fourth-order valence-corrected chi connectivity index (χ4v) is 5.62. The molecular weight excluding hydrogens is 416 g/mol. The van der Waals surface area contributed by atoms with Gasteiger partial charge in [-0.3, -0.25) is 9.78 Å². The van der Waals surface area contributed by atoms with Crippen LogP contribution >= 0.6 is 0 Å². The lowest BCUT2D eigenvalue weighted by molar-refractivity contribution is -0.137. The molecule has 1 unspecified atom stereocenters. The number of anilines is 1. The summed E-state index contributed by atoms with van der Waals surface area (Å²) in [5, 5.41) is 1.02. The number of carbonyl (C=O) groups is 1. The van der Waals surface area contributed by atoms with Crippen molar-refractivity contribution in [3.8, 4) is 5.75 Å². The molecule has 2 saturated heterocycles. The van der Waals surface area contributed by atoms with E-state index in [1.807, 2.05) is 35.4 Å². The van der Waals surface area contributed by atoms with Gasteiger partial charge in [0, 0.05) is 56.5 Å². The molecule has 0 aliphatic carbocycles. The summed E-state index contributed by atoms with van der Waals surface area (Å²) in [6.45, 7) is 4.89. The smallest absolute Gasteiger partial charge is 0.227 e. The van der Waals surface area contributed by atoms with Gasteiger partial charge in [0.2, 0.25) is 15.9 Å². The monoisotopic (exact) mass is 446 g/mol. The van der Waals surface area contributed by atoms with Gasteiger partial charge in [-0.25, -0.2) is 8.42 Å². The standard InChI is InChI=1S/C22H30N4O4S/c1-3-31(28,29)26-13-11-24(12-14-26)22(27)17-5-4-10-25(16-17)21-8-9-23-20-7-6-18(30-2)15-19(20)21/h6-9,15,17H,3-5,10-14,16H2,1-2H3. The number of methoxy groups -OCH3 is 1. The van der Waals surface area contributed by atoms with Crippen LogP contribution in [0, 0.1) is 5.92 Å². The highest BCUT2D eigenvalue weighted by Gasteiger charge is 2.33. The van der Waals surface area contributed by atoms with Crippen molar-refractivity contribution in [1.29, 1.82) is 0 Å². The molecule has 9 heteroatoms. The third kappa shape index (κ3) is 4.48. The predicted octanol–water partition coefficient (Wildman–Crippen LogP) is 1.95. The Morgan fingerprint density at radius 3 is 2.65 bits per heavy atom. The average Bonchev–Trinajstić information content (AvgIpc) is 2.83.